The zero-order chi connectivity index (χ0) is 22.1. The average molecular weight is 426 g/mol. The van der Waals surface area contributed by atoms with Crippen LogP contribution < -0.4 is 15.0 Å². The Morgan fingerprint density at radius 3 is 2.13 bits per heavy atom. The molecule has 5 nitrogen and oxygen atoms in total. The van der Waals surface area contributed by atoms with Gasteiger partial charge in [-0.1, -0.05) is 6.07 Å². The lowest BCUT2D eigenvalue weighted by Gasteiger charge is -2.11. The molecule has 0 unspecified atom stereocenters. The Kier molecular flexibility index (Phi) is 5.37. The van der Waals surface area contributed by atoms with E-state index in [4.69, 9.17) is 9.47 Å². The lowest BCUT2D eigenvalue weighted by Crippen LogP contribution is -2.13. The zero-order valence-corrected chi connectivity index (χ0v) is 16.6. The second-order valence-electron chi connectivity index (χ2n) is 6.89. The minimum Gasteiger partial charge on any atom is -0.493 e. The molecular formula is C23H17F3N2O3. The SMILES string of the molecule is COc1cc2c(F)c(Cc3ccc(-c4cc(F)cc(F)c4)nc3)[nH]c(=O)c2cc1OC. The summed E-state index contributed by atoms with van der Waals surface area (Å²) in [7, 11) is 2.85. The highest BCUT2D eigenvalue weighted by atomic mass is 19.1. The van der Waals surface area contributed by atoms with Crippen LogP contribution in [0.15, 0.2) is 53.5 Å². The Morgan fingerprint density at radius 1 is 0.903 bits per heavy atom. The van der Waals surface area contributed by atoms with Gasteiger partial charge in [0.2, 0.25) is 0 Å². The number of rotatable bonds is 5. The molecule has 31 heavy (non-hydrogen) atoms. The highest BCUT2D eigenvalue weighted by Crippen LogP contribution is 2.32. The van der Waals surface area contributed by atoms with E-state index in [0.29, 0.717) is 22.8 Å². The summed E-state index contributed by atoms with van der Waals surface area (Å²) in [6, 6.07) is 9.20. The lowest BCUT2D eigenvalue weighted by molar-refractivity contribution is 0.355. The molecular weight excluding hydrogens is 409 g/mol. The number of halogens is 3. The van der Waals surface area contributed by atoms with Gasteiger partial charge < -0.3 is 14.5 Å². The van der Waals surface area contributed by atoms with E-state index in [0.717, 1.165) is 6.07 Å². The third-order valence-electron chi connectivity index (χ3n) is 4.90. The van der Waals surface area contributed by atoms with Crippen molar-refractivity contribution in [2.45, 2.75) is 6.42 Å². The molecule has 2 heterocycles. The van der Waals surface area contributed by atoms with Crippen molar-refractivity contribution in [1.82, 2.24) is 9.97 Å². The summed E-state index contributed by atoms with van der Waals surface area (Å²) in [4.78, 5) is 19.3. The Balaban J connectivity index is 1.70. The molecule has 4 aromatic rings. The van der Waals surface area contributed by atoms with Gasteiger partial charge in [-0.05, 0) is 35.9 Å². The van der Waals surface area contributed by atoms with Crippen LogP contribution in [0.1, 0.15) is 11.3 Å². The zero-order valence-electron chi connectivity index (χ0n) is 16.6. The Labute approximate surface area is 175 Å². The molecule has 158 valence electrons. The first kappa shape index (κ1) is 20.5. The van der Waals surface area contributed by atoms with Crippen LogP contribution in [0.25, 0.3) is 22.0 Å². The molecule has 2 aromatic carbocycles. The van der Waals surface area contributed by atoms with E-state index in [1.165, 1.54) is 44.7 Å². The number of aromatic amines is 1. The van der Waals surface area contributed by atoms with Crippen LogP contribution in [0, 0.1) is 17.5 Å². The van der Waals surface area contributed by atoms with E-state index in [2.05, 4.69) is 9.97 Å². The highest BCUT2D eigenvalue weighted by Gasteiger charge is 2.16. The molecule has 0 bridgehead atoms. The molecule has 1 N–H and O–H groups in total. The first-order valence-corrected chi connectivity index (χ1v) is 9.27. The summed E-state index contributed by atoms with van der Waals surface area (Å²) in [6.45, 7) is 0. The van der Waals surface area contributed by atoms with Gasteiger partial charge in [0.15, 0.2) is 17.3 Å². The summed E-state index contributed by atoms with van der Waals surface area (Å²) in [6.07, 6.45) is 1.53. The number of aromatic nitrogens is 2. The maximum absolute atomic E-state index is 15.1. The number of hydrogen-bond acceptors (Lipinski definition) is 4. The fourth-order valence-corrected chi connectivity index (χ4v) is 3.40. The van der Waals surface area contributed by atoms with Crippen LogP contribution in [0.3, 0.4) is 0 Å². The van der Waals surface area contributed by atoms with Crippen molar-refractivity contribution in [1.29, 1.82) is 0 Å². The highest BCUT2D eigenvalue weighted by molar-refractivity contribution is 5.86. The maximum atomic E-state index is 15.1. The molecule has 0 aliphatic heterocycles. The van der Waals surface area contributed by atoms with Crippen molar-refractivity contribution in [2.24, 2.45) is 0 Å². The first-order valence-electron chi connectivity index (χ1n) is 9.27. The molecule has 0 radical (unpaired) electrons. The number of methoxy groups -OCH3 is 2. The molecule has 0 aliphatic carbocycles. The summed E-state index contributed by atoms with van der Waals surface area (Å²) in [5, 5.41) is 0.247. The Bertz CT molecular complexity index is 1310. The van der Waals surface area contributed by atoms with Gasteiger partial charge in [-0.2, -0.15) is 0 Å². The molecule has 2 aromatic heterocycles. The predicted octanol–water partition coefficient (Wildman–Crippen LogP) is 4.62. The molecule has 8 heteroatoms. The van der Waals surface area contributed by atoms with Gasteiger partial charge in [-0.25, -0.2) is 13.2 Å². The topological polar surface area (TPSA) is 64.2 Å². The van der Waals surface area contributed by atoms with Crippen LogP contribution >= 0.6 is 0 Å². The van der Waals surface area contributed by atoms with E-state index in [1.54, 1.807) is 12.1 Å². The second-order valence-corrected chi connectivity index (χ2v) is 6.89. The van der Waals surface area contributed by atoms with Crippen molar-refractivity contribution in [2.75, 3.05) is 14.2 Å². The van der Waals surface area contributed by atoms with E-state index in [-0.39, 0.29) is 28.5 Å². The van der Waals surface area contributed by atoms with Crippen LogP contribution in [0.4, 0.5) is 13.2 Å². The van der Waals surface area contributed by atoms with Gasteiger partial charge >= 0.3 is 0 Å². The molecule has 0 saturated heterocycles. The molecule has 0 fully saturated rings. The van der Waals surface area contributed by atoms with Crippen LogP contribution in [-0.2, 0) is 6.42 Å². The van der Waals surface area contributed by atoms with Gasteiger partial charge in [-0.3, -0.25) is 9.78 Å². The minimum absolute atomic E-state index is 0.0656. The third kappa shape index (κ3) is 3.96. The second kappa shape index (κ2) is 8.14. The molecule has 0 saturated carbocycles. The normalized spacial score (nSPS) is 11.0. The smallest absolute Gasteiger partial charge is 0.256 e. The van der Waals surface area contributed by atoms with Crippen LogP contribution in [0.2, 0.25) is 0 Å². The number of ether oxygens (including phenoxy) is 2. The minimum atomic E-state index is -0.705. The number of fused-ring (bicyclic) bond motifs is 1. The van der Waals surface area contributed by atoms with Crippen LogP contribution in [0.5, 0.6) is 11.5 Å². The molecule has 0 aliphatic rings. The standard InChI is InChI=1S/C23H17F3N2O3/c1-30-20-9-16-17(10-21(20)31-2)23(29)28-19(22(16)26)5-12-3-4-18(27-11-12)13-6-14(24)8-15(25)7-13/h3-4,6-11H,5H2,1-2H3,(H,28,29). The van der Waals surface area contributed by atoms with E-state index in [1.807, 2.05) is 0 Å². The number of nitrogens with one attached hydrogen (secondary N) is 1. The summed E-state index contributed by atoms with van der Waals surface area (Å²) in [5.74, 6) is -1.38. The fraction of sp³-hybridized carbons (Fsp3) is 0.130. The number of pyridine rings is 2. The van der Waals surface area contributed by atoms with Crippen molar-refractivity contribution in [3.63, 3.8) is 0 Å². The van der Waals surface area contributed by atoms with Gasteiger partial charge in [0, 0.05) is 29.6 Å². The number of benzene rings is 2. The van der Waals surface area contributed by atoms with E-state index < -0.39 is 23.0 Å². The van der Waals surface area contributed by atoms with Crippen molar-refractivity contribution in [3.05, 3.63) is 87.7 Å². The Morgan fingerprint density at radius 2 is 1.55 bits per heavy atom. The molecule has 4 rings (SSSR count). The van der Waals surface area contributed by atoms with Crippen LogP contribution in [-0.4, -0.2) is 24.2 Å². The van der Waals surface area contributed by atoms with Crippen molar-refractivity contribution < 1.29 is 22.6 Å². The average Bonchev–Trinajstić information content (AvgIpc) is 2.76. The molecule has 0 atom stereocenters. The number of nitrogens with zero attached hydrogens (tertiary/aromatic N) is 1. The van der Waals surface area contributed by atoms with Crippen molar-refractivity contribution in [3.8, 4) is 22.8 Å². The fourth-order valence-electron chi connectivity index (χ4n) is 3.40. The quantitative estimate of drug-likeness (QED) is 0.506. The van der Waals surface area contributed by atoms with Gasteiger partial charge in [0.05, 0.1) is 31.0 Å². The number of hydrogen-bond donors (Lipinski definition) is 1. The lowest BCUT2D eigenvalue weighted by atomic mass is 10.0. The van der Waals surface area contributed by atoms with Gasteiger partial charge in [0.25, 0.3) is 5.56 Å². The summed E-state index contributed by atoms with van der Waals surface area (Å²) < 4.78 is 52.4. The summed E-state index contributed by atoms with van der Waals surface area (Å²) in [5.41, 5.74) is 0.875. The largest absolute Gasteiger partial charge is 0.493 e. The van der Waals surface area contributed by atoms with E-state index in [9.17, 15) is 13.6 Å². The number of H-pyrrole nitrogens is 1. The Hall–Kier alpha value is -3.81. The van der Waals surface area contributed by atoms with E-state index >= 15 is 4.39 Å². The monoisotopic (exact) mass is 426 g/mol. The molecule has 0 amide bonds. The predicted molar refractivity (Wildman–Crippen MR) is 110 cm³/mol. The maximum Gasteiger partial charge on any atom is 0.256 e. The van der Waals surface area contributed by atoms with Crippen molar-refractivity contribution >= 4 is 10.8 Å². The third-order valence-corrected chi connectivity index (χ3v) is 4.90. The first-order chi connectivity index (χ1) is 14.9. The molecule has 0 spiro atoms. The summed E-state index contributed by atoms with van der Waals surface area (Å²) >= 11 is 0. The van der Waals surface area contributed by atoms with Gasteiger partial charge in [0.1, 0.15) is 11.6 Å². The van der Waals surface area contributed by atoms with Gasteiger partial charge in [-0.15, -0.1) is 0 Å².